The topological polar surface area (TPSA) is 90.7 Å². The number of benzene rings is 1. The Hall–Kier alpha value is -2.83. The quantitative estimate of drug-likeness (QED) is 0.746. The minimum absolute atomic E-state index is 0.0451. The van der Waals surface area contributed by atoms with Crippen LogP contribution in [0, 0.1) is 0 Å². The van der Waals surface area contributed by atoms with Crippen molar-refractivity contribution in [3.8, 4) is 0 Å². The van der Waals surface area contributed by atoms with Gasteiger partial charge in [0.25, 0.3) is 0 Å². The molecular formula is C20H26N2O5. The first kappa shape index (κ1) is 20.5. The summed E-state index contributed by atoms with van der Waals surface area (Å²) in [5.74, 6) is -0.398. The van der Waals surface area contributed by atoms with Crippen LogP contribution in [-0.2, 0) is 15.9 Å². The number of amides is 1. The van der Waals surface area contributed by atoms with Gasteiger partial charge in [-0.3, -0.25) is 5.32 Å². The third kappa shape index (κ3) is 6.13. The lowest BCUT2D eigenvalue weighted by Gasteiger charge is -2.20. The zero-order valence-corrected chi connectivity index (χ0v) is 16.4. The molecule has 1 atom stereocenters. The van der Waals surface area contributed by atoms with Gasteiger partial charge in [0.1, 0.15) is 17.4 Å². The molecule has 0 saturated heterocycles. The lowest BCUT2D eigenvalue weighted by molar-refractivity contribution is 0.0523. The Kier molecular flexibility index (Phi) is 6.60. The largest absolute Gasteiger partial charge is 0.462 e. The molecule has 0 aliphatic rings. The van der Waals surface area contributed by atoms with Gasteiger partial charge in [0.15, 0.2) is 0 Å². The normalized spacial score (nSPS) is 12.3. The molecule has 146 valence electrons. The van der Waals surface area contributed by atoms with Gasteiger partial charge in [0.05, 0.1) is 12.3 Å². The van der Waals surface area contributed by atoms with Crippen molar-refractivity contribution in [3.05, 3.63) is 47.3 Å². The molecule has 27 heavy (non-hydrogen) atoms. The van der Waals surface area contributed by atoms with E-state index < -0.39 is 17.7 Å². The van der Waals surface area contributed by atoms with E-state index in [1.807, 2.05) is 45.9 Å². The van der Waals surface area contributed by atoms with Crippen LogP contribution in [0.2, 0.25) is 0 Å². The Balaban J connectivity index is 2.08. The fourth-order valence-electron chi connectivity index (χ4n) is 2.53. The van der Waals surface area contributed by atoms with Gasteiger partial charge in [-0.2, -0.15) is 0 Å². The van der Waals surface area contributed by atoms with E-state index in [1.165, 1.54) is 6.26 Å². The lowest BCUT2D eigenvalue weighted by Crippen LogP contribution is -2.27. The van der Waals surface area contributed by atoms with E-state index in [4.69, 9.17) is 14.0 Å². The highest BCUT2D eigenvalue weighted by Gasteiger charge is 2.20. The van der Waals surface area contributed by atoms with Crippen LogP contribution in [-0.4, -0.2) is 29.4 Å². The second-order valence-corrected chi connectivity index (χ2v) is 7.25. The maximum atomic E-state index is 12.0. The molecule has 0 bridgehead atoms. The average molecular weight is 374 g/mol. The second-order valence-electron chi connectivity index (χ2n) is 7.25. The molecule has 0 fully saturated rings. The number of nitrogens with zero attached hydrogens (tertiary/aromatic N) is 1. The molecule has 7 heteroatoms. The summed E-state index contributed by atoms with van der Waals surface area (Å²) in [6.07, 6.45) is 1.30. The lowest BCUT2D eigenvalue weighted by atomic mass is 9.94. The van der Waals surface area contributed by atoms with Crippen LogP contribution in [0.4, 0.5) is 10.5 Å². The van der Waals surface area contributed by atoms with Crippen molar-refractivity contribution in [3.63, 3.8) is 0 Å². The Bertz CT molecular complexity index is 792. The summed E-state index contributed by atoms with van der Waals surface area (Å²) in [4.78, 5) is 23.9. The number of aromatic nitrogens is 1. The van der Waals surface area contributed by atoms with Gasteiger partial charge in [0, 0.05) is 12.1 Å². The predicted octanol–water partition coefficient (Wildman–Crippen LogP) is 4.54. The molecule has 1 aromatic carbocycles. The number of ether oxygens (including phenoxy) is 2. The third-order valence-electron chi connectivity index (χ3n) is 3.74. The third-order valence-corrected chi connectivity index (χ3v) is 3.74. The van der Waals surface area contributed by atoms with Crippen LogP contribution < -0.4 is 5.32 Å². The van der Waals surface area contributed by atoms with Gasteiger partial charge in [-0.05, 0) is 51.3 Å². The number of rotatable bonds is 6. The van der Waals surface area contributed by atoms with Crippen molar-refractivity contribution in [1.82, 2.24) is 5.16 Å². The Labute approximate surface area is 159 Å². The molecule has 1 heterocycles. The maximum Gasteiger partial charge on any atom is 0.412 e. The fourth-order valence-corrected chi connectivity index (χ4v) is 2.53. The van der Waals surface area contributed by atoms with Crippen molar-refractivity contribution in [2.75, 3.05) is 11.9 Å². The smallest absolute Gasteiger partial charge is 0.412 e. The Morgan fingerprint density at radius 3 is 2.70 bits per heavy atom. The number of anilines is 1. The van der Waals surface area contributed by atoms with Gasteiger partial charge in [-0.1, -0.05) is 24.2 Å². The van der Waals surface area contributed by atoms with E-state index in [-0.39, 0.29) is 12.5 Å². The van der Waals surface area contributed by atoms with Crippen molar-refractivity contribution < 1.29 is 23.6 Å². The van der Waals surface area contributed by atoms with E-state index in [0.717, 1.165) is 5.56 Å². The first-order valence-corrected chi connectivity index (χ1v) is 8.90. The molecule has 1 N–H and O–H groups in total. The first-order chi connectivity index (χ1) is 12.7. The van der Waals surface area contributed by atoms with Crippen molar-refractivity contribution in [1.29, 1.82) is 0 Å². The molecule has 0 spiro atoms. The molecule has 2 aromatic rings. The molecule has 0 aliphatic carbocycles. The van der Waals surface area contributed by atoms with Crippen molar-refractivity contribution in [2.45, 2.75) is 52.6 Å². The summed E-state index contributed by atoms with van der Waals surface area (Å²) in [5.41, 5.74) is 1.95. The summed E-state index contributed by atoms with van der Waals surface area (Å²) in [5, 5.41) is 6.66. The number of nitrogens with one attached hydrogen (secondary N) is 1. The molecule has 1 unspecified atom stereocenters. The zero-order chi connectivity index (χ0) is 20.0. The highest BCUT2D eigenvalue weighted by Crippen LogP contribution is 2.24. The van der Waals surface area contributed by atoms with Crippen molar-refractivity contribution >= 4 is 17.7 Å². The maximum absolute atomic E-state index is 12.0. The molecule has 0 saturated carbocycles. The van der Waals surface area contributed by atoms with E-state index in [1.54, 1.807) is 13.0 Å². The Morgan fingerprint density at radius 2 is 2.04 bits per heavy atom. The van der Waals surface area contributed by atoms with E-state index in [2.05, 4.69) is 10.5 Å². The minimum atomic E-state index is -0.564. The number of carbonyl (C=O) groups excluding carboxylic acids is 2. The average Bonchev–Trinajstić information content (AvgIpc) is 3.01. The van der Waals surface area contributed by atoms with Gasteiger partial charge < -0.3 is 14.0 Å². The zero-order valence-electron chi connectivity index (χ0n) is 16.4. The monoisotopic (exact) mass is 374 g/mol. The van der Waals surface area contributed by atoms with Gasteiger partial charge in [-0.25, -0.2) is 9.59 Å². The standard InChI is InChI=1S/C20H26N2O5/c1-6-25-18(23)16-12-26-22-17(16)10-13(2)14-8-7-9-15(11-14)21-19(24)27-20(3,4)5/h7-9,11-13H,6,10H2,1-5H3,(H,21,24). The van der Waals surface area contributed by atoms with Gasteiger partial charge >= 0.3 is 12.1 Å². The molecule has 0 radical (unpaired) electrons. The fraction of sp³-hybridized carbons (Fsp3) is 0.450. The summed E-state index contributed by atoms with van der Waals surface area (Å²) < 4.78 is 15.2. The highest BCUT2D eigenvalue weighted by atomic mass is 16.6. The van der Waals surface area contributed by atoms with Crippen LogP contribution in [0.25, 0.3) is 0 Å². The Morgan fingerprint density at radius 1 is 1.30 bits per heavy atom. The van der Waals surface area contributed by atoms with E-state index in [9.17, 15) is 9.59 Å². The number of esters is 1. The molecule has 1 aromatic heterocycles. The van der Waals surface area contributed by atoms with E-state index in [0.29, 0.717) is 23.4 Å². The van der Waals surface area contributed by atoms with Crippen LogP contribution in [0.5, 0.6) is 0 Å². The predicted molar refractivity (Wildman–Crippen MR) is 101 cm³/mol. The second kappa shape index (κ2) is 8.70. The van der Waals surface area contributed by atoms with Crippen LogP contribution in [0.15, 0.2) is 35.1 Å². The molecule has 2 rings (SSSR count). The van der Waals surface area contributed by atoms with E-state index >= 15 is 0 Å². The number of hydrogen-bond acceptors (Lipinski definition) is 6. The summed E-state index contributed by atoms with van der Waals surface area (Å²) in [6, 6.07) is 7.47. The van der Waals surface area contributed by atoms with Crippen LogP contribution in [0.3, 0.4) is 0 Å². The molecular weight excluding hydrogens is 348 g/mol. The van der Waals surface area contributed by atoms with Crippen LogP contribution >= 0.6 is 0 Å². The number of hydrogen-bond donors (Lipinski definition) is 1. The molecule has 1 amide bonds. The van der Waals surface area contributed by atoms with Gasteiger partial charge in [-0.15, -0.1) is 0 Å². The summed E-state index contributed by atoms with van der Waals surface area (Å²) >= 11 is 0. The minimum Gasteiger partial charge on any atom is -0.462 e. The first-order valence-electron chi connectivity index (χ1n) is 8.90. The molecule has 0 aliphatic heterocycles. The van der Waals surface area contributed by atoms with Gasteiger partial charge in [0.2, 0.25) is 0 Å². The summed E-state index contributed by atoms with van der Waals surface area (Å²) in [7, 11) is 0. The number of carbonyl (C=O) groups is 2. The van der Waals surface area contributed by atoms with Crippen LogP contribution in [0.1, 0.15) is 62.2 Å². The molecule has 7 nitrogen and oxygen atoms in total. The summed E-state index contributed by atoms with van der Waals surface area (Å²) in [6.45, 7) is 9.48. The van der Waals surface area contributed by atoms with Crippen molar-refractivity contribution in [2.24, 2.45) is 0 Å². The highest BCUT2D eigenvalue weighted by molar-refractivity contribution is 5.90. The SMILES string of the molecule is CCOC(=O)c1conc1CC(C)c1cccc(NC(=O)OC(C)(C)C)c1.